The van der Waals surface area contributed by atoms with Crippen LogP contribution in [0.25, 0.3) is 0 Å². The van der Waals surface area contributed by atoms with Crippen LogP contribution in [0.3, 0.4) is 0 Å². The van der Waals surface area contributed by atoms with Crippen molar-refractivity contribution in [3.05, 3.63) is 58.6 Å². The molecule has 0 spiro atoms. The van der Waals surface area contributed by atoms with Crippen molar-refractivity contribution >= 4 is 44.6 Å². The maximum Gasteiger partial charge on any atom is 0.171 e. The summed E-state index contributed by atoms with van der Waals surface area (Å²) < 4.78 is 1.05. The van der Waals surface area contributed by atoms with E-state index in [4.69, 9.17) is 12.2 Å². The highest BCUT2D eigenvalue weighted by Crippen LogP contribution is 2.23. The molecule has 0 radical (unpaired) electrons. The molecule has 3 rings (SSSR count). The number of nitrogens with zero attached hydrogens (tertiary/aromatic N) is 1. The molecule has 1 aliphatic rings. The maximum atomic E-state index is 5.42. The van der Waals surface area contributed by atoms with Crippen molar-refractivity contribution < 1.29 is 0 Å². The Morgan fingerprint density at radius 2 is 1.67 bits per heavy atom. The molecule has 0 aliphatic carbocycles. The molecule has 2 aromatic carbocycles. The topological polar surface area (TPSA) is 27.3 Å². The lowest BCUT2D eigenvalue weighted by atomic mass is 10.1. The molecule has 1 fully saturated rings. The van der Waals surface area contributed by atoms with E-state index in [1.807, 2.05) is 24.3 Å². The number of hydrogen-bond acceptors (Lipinski definition) is 2. The van der Waals surface area contributed by atoms with E-state index in [1.165, 1.54) is 37.2 Å². The summed E-state index contributed by atoms with van der Waals surface area (Å²) in [5, 5.41) is 7.19. The highest BCUT2D eigenvalue weighted by molar-refractivity contribution is 9.10. The van der Waals surface area contributed by atoms with Gasteiger partial charge in [0, 0.05) is 28.9 Å². The molecule has 1 heterocycles. The van der Waals surface area contributed by atoms with Crippen LogP contribution < -0.4 is 15.5 Å². The van der Waals surface area contributed by atoms with Gasteiger partial charge in [0.15, 0.2) is 5.11 Å². The second-order valence-electron chi connectivity index (χ2n) is 6.11. The Hall–Kier alpha value is -1.59. The SMILES string of the molecule is C[C@@H](NC(=S)Nc1ccc(Br)cc1)c1ccc(N2CCCC2)cc1. The lowest BCUT2D eigenvalue weighted by Crippen LogP contribution is -2.30. The van der Waals surface area contributed by atoms with E-state index in [-0.39, 0.29) is 6.04 Å². The van der Waals surface area contributed by atoms with Gasteiger partial charge in [-0.1, -0.05) is 28.1 Å². The van der Waals surface area contributed by atoms with E-state index < -0.39 is 0 Å². The second-order valence-corrected chi connectivity index (χ2v) is 7.44. The summed E-state index contributed by atoms with van der Waals surface area (Å²) in [5.41, 5.74) is 3.53. The van der Waals surface area contributed by atoms with E-state index in [0.29, 0.717) is 5.11 Å². The van der Waals surface area contributed by atoms with Crippen molar-refractivity contribution in [3.8, 4) is 0 Å². The van der Waals surface area contributed by atoms with Crippen molar-refractivity contribution in [1.82, 2.24) is 5.32 Å². The third-order valence-corrected chi connectivity index (χ3v) is 5.06. The zero-order chi connectivity index (χ0) is 16.9. The molecule has 0 unspecified atom stereocenters. The number of nitrogens with one attached hydrogen (secondary N) is 2. The lowest BCUT2D eigenvalue weighted by Gasteiger charge is -2.20. The van der Waals surface area contributed by atoms with E-state index in [0.717, 1.165) is 10.2 Å². The fraction of sp³-hybridized carbons (Fsp3) is 0.316. The Kier molecular flexibility index (Phi) is 5.74. The average molecular weight is 404 g/mol. The van der Waals surface area contributed by atoms with Crippen LogP contribution in [0.15, 0.2) is 53.0 Å². The molecule has 1 aliphatic heterocycles. The van der Waals surface area contributed by atoms with Crippen molar-refractivity contribution in [2.45, 2.75) is 25.8 Å². The molecule has 0 aromatic heterocycles. The molecule has 24 heavy (non-hydrogen) atoms. The van der Waals surface area contributed by atoms with Crippen LogP contribution in [0.1, 0.15) is 31.4 Å². The van der Waals surface area contributed by atoms with Crippen LogP contribution in [-0.2, 0) is 0 Å². The van der Waals surface area contributed by atoms with Gasteiger partial charge in [-0.05, 0) is 73.9 Å². The van der Waals surface area contributed by atoms with Crippen LogP contribution in [0, 0.1) is 0 Å². The zero-order valence-corrected chi connectivity index (χ0v) is 16.2. The normalized spacial score (nSPS) is 15.2. The first-order chi connectivity index (χ1) is 11.6. The maximum absolute atomic E-state index is 5.42. The summed E-state index contributed by atoms with van der Waals surface area (Å²) in [5.74, 6) is 0. The monoisotopic (exact) mass is 403 g/mol. The van der Waals surface area contributed by atoms with Gasteiger partial charge in [0.05, 0.1) is 6.04 Å². The van der Waals surface area contributed by atoms with Gasteiger partial charge in [0.25, 0.3) is 0 Å². The van der Waals surface area contributed by atoms with E-state index in [9.17, 15) is 0 Å². The van der Waals surface area contributed by atoms with E-state index in [1.54, 1.807) is 0 Å². The standard InChI is InChI=1S/C19H22BrN3S/c1-14(21-19(24)22-17-8-6-16(20)7-9-17)15-4-10-18(11-5-15)23-12-2-3-13-23/h4-11,14H,2-3,12-13H2,1H3,(H2,21,22,24)/t14-/m1/s1. The van der Waals surface area contributed by atoms with Gasteiger partial charge in [-0.25, -0.2) is 0 Å². The first kappa shape index (κ1) is 17.2. The average Bonchev–Trinajstić information content (AvgIpc) is 3.11. The van der Waals surface area contributed by atoms with Crippen LogP contribution in [0.5, 0.6) is 0 Å². The third-order valence-electron chi connectivity index (χ3n) is 4.31. The van der Waals surface area contributed by atoms with Gasteiger partial charge in [0.1, 0.15) is 0 Å². The zero-order valence-electron chi connectivity index (χ0n) is 13.8. The molecule has 2 N–H and O–H groups in total. The highest BCUT2D eigenvalue weighted by Gasteiger charge is 2.13. The van der Waals surface area contributed by atoms with Gasteiger partial charge < -0.3 is 15.5 Å². The number of halogens is 1. The predicted molar refractivity (Wildman–Crippen MR) is 110 cm³/mol. The summed E-state index contributed by atoms with van der Waals surface area (Å²) >= 11 is 8.85. The minimum Gasteiger partial charge on any atom is -0.372 e. The molecule has 5 heteroatoms. The number of benzene rings is 2. The lowest BCUT2D eigenvalue weighted by molar-refractivity contribution is 0.722. The predicted octanol–water partition coefficient (Wildman–Crippen LogP) is 5.10. The molecule has 0 amide bonds. The van der Waals surface area contributed by atoms with Crippen LogP contribution in [0.2, 0.25) is 0 Å². The van der Waals surface area contributed by atoms with E-state index in [2.05, 4.69) is 62.7 Å². The Balaban J connectivity index is 1.56. The Morgan fingerprint density at radius 3 is 2.29 bits per heavy atom. The van der Waals surface area contributed by atoms with Crippen molar-refractivity contribution in [3.63, 3.8) is 0 Å². The van der Waals surface area contributed by atoms with Crippen LogP contribution >= 0.6 is 28.1 Å². The fourth-order valence-electron chi connectivity index (χ4n) is 2.93. The smallest absolute Gasteiger partial charge is 0.171 e. The molecule has 126 valence electrons. The molecule has 1 atom stereocenters. The molecule has 3 nitrogen and oxygen atoms in total. The highest BCUT2D eigenvalue weighted by atomic mass is 79.9. The molecular formula is C19H22BrN3S. The Bertz CT molecular complexity index is 679. The largest absolute Gasteiger partial charge is 0.372 e. The van der Waals surface area contributed by atoms with Gasteiger partial charge >= 0.3 is 0 Å². The van der Waals surface area contributed by atoms with Gasteiger partial charge in [0.2, 0.25) is 0 Å². The van der Waals surface area contributed by atoms with Crippen molar-refractivity contribution in [2.24, 2.45) is 0 Å². The molecular weight excluding hydrogens is 382 g/mol. The summed E-state index contributed by atoms with van der Waals surface area (Å²) in [7, 11) is 0. The summed E-state index contributed by atoms with van der Waals surface area (Å²) in [6.45, 7) is 4.48. The quantitative estimate of drug-likeness (QED) is 0.694. The van der Waals surface area contributed by atoms with Gasteiger partial charge in [-0.3, -0.25) is 0 Å². The Labute approximate surface area is 157 Å². The minimum absolute atomic E-state index is 0.160. The summed E-state index contributed by atoms with van der Waals surface area (Å²) in [6.07, 6.45) is 2.60. The molecule has 2 aromatic rings. The third kappa shape index (κ3) is 4.48. The number of rotatable bonds is 4. The van der Waals surface area contributed by atoms with E-state index >= 15 is 0 Å². The number of hydrogen-bond donors (Lipinski definition) is 2. The first-order valence-electron chi connectivity index (χ1n) is 8.30. The molecule has 0 bridgehead atoms. The second kappa shape index (κ2) is 7.99. The van der Waals surface area contributed by atoms with Gasteiger partial charge in [-0.2, -0.15) is 0 Å². The van der Waals surface area contributed by atoms with Crippen LogP contribution in [-0.4, -0.2) is 18.2 Å². The number of anilines is 2. The Morgan fingerprint density at radius 1 is 1.04 bits per heavy atom. The van der Waals surface area contributed by atoms with Crippen LogP contribution in [0.4, 0.5) is 11.4 Å². The summed E-state index contributed by atoms with van der Waals surface area (Å²) in [6, 6.07) is 16.9. The molecule has 1 saturated heterocycles. The van der Waals surface area contributed by atoms with Crippen molar-refractivity contribution in [2.75, 3.05) is 23.3 Å². The first-order valence-corrected chi connectivity index (χ1v) is 9.50. The fourth-order valence-corrected chi connectivity index (χ4v) is 3.49. The minimum atomic E-state index is 0.160. The number of thiocarbonyl (C=S) groups is 1. The summed E-state index contributed by atoms with van der Waals surface area (Å²) in [4.78, 5) is 2.45. The van der Waals surface area contributed by atoms with Crippen molar-refractivity contribution in [1.29, 1.82) is 0 Å². The molecule has 0 saturated carbocycles. The van der Waals surface area contributed by atoms with Gasteiger partial charge in [-0.15, -0.1) is 0 Å².